The van der Waals surface area contributed by atoms with Crippen molar-refractivity contribution in [2.24, 2.45) is 0 Å². The molecule has 0 aliphatic carbocycles. The van der Waals surface area contributed by atoms with E-state index < -0.39 is 22.3 Å². The zero-order valence-electron chi connectivity index (χ0n) is 10.1. The maximum absolute atomic E-state index is 11.6. The third kappa shape index (κ3) is 3.58. The number of phenolic OH excluding ortho intramolecular Hbond substituents is 1. The van der Waals surface area contributed by atoms with Gasteiger partial charge in [-0.2, -0.15) is 0 Å². The van der Waals surface area contributed by atoms with Gasteiger partial charge in [-0.25, -0.2) is 0 Å². The van der Waals surface area contributed by atoms with Crippen LogP contribution in [-0.2, 0) is 0 Å². The van der Waals surface area contributed by atoms with Gasteiger partial charge in [-0.3, -0.25) is 14.9 Å². The normalized spacial score (nSPS) is 9.67. The van der Waals surface area contributed by atoms with Crippen molar-refractivity contribution in [3.8, 4) is 5.75 Å². The molecule has 1 aromatic carbocycles. The Balaban J connectivity index is 2.79. The molecule has 1 amide bonds. The molecule has 0 saturated heterocycles. The van der Waals surface area contributed by atoms with Crippen LogP contribution in [0.5, 0.6) is 5.75 Å². The van der Waals surface area contributed by atoms with Gasteiger partial charge in [0.25, 0.3) is 5.91 Å². The number of carbonyl (C=O) groups excluding carboxylic acids is 1. The van der Waals surface area contributed by atoms with Crippen LogP contribution in [0.4, 0.5) is 5.69 Å². The molecule has 0 aliphatic heterocycles. The number of aromatic hydroxyl groups is 1. The Labute approximate surface area is 104 Å². The molecule has 96 valence electrons. The average Bonchev–Trinajstić information content (AvgIpc) is 2.27. The van der Waals surface area contributed by atoms with Crippen LogP contribution in [0.1, 0.15) is 24.2 Å². The van der Waals surface area contributed by atoms with E-state index >= 15 is 0 Å². The number of nitro benzene ring substituents is 1. The number of nitrogens with zero attached hydrogens (tertiary/aromatic N) is 1. The number of allylic oxidation sites excluding steroid dienone is 1. The number of phenols is 1. The Morgan fingerprint density at radius 3 is 2.67 bits per heavy atom. The summed E-state index contributed by atoms with van der Waals surface area (Å²) >= 11 is 0. The third-order valence-electron chi connectivity index (χ3n) is 2.21. The van der Waals surface area contributed by atoms with Crippen LogP contribution in [0.3, 0.4) is 0 Å². The highest BCUT2D eigenvalue weighted by atomic mass is 16.6. The Bertz CT molecular complexity index is 505. The molecular formula is C12H14N2O4. The highest BCUT2D eigenvalue weighted by molar-refractivity contribution is 5.95. The van der Waals surface area contributed by atoms with Crippen LogP contribution >= 0.6 is 0 Å². The second-order valence-electron chi connectivity index (χ2n) is 3.95. The van der Waals surface area contributed by atoms with Gasteiger partial charge in [-0.15, -0.1) is 0 Å². The van der Waals surface area contributed by atoms with Gasteiger partial charge in [-0.05, 0) is 26.0 Å². The number of rotatable bonds is 4. The van der Waals surface area contributed by atoms with Crippen LogP contribution in [0, 0.1) is 10.1 Å². The lowest BCUT2D eigenvalue weighted by molar-refractivity contribution is -0.385. The number of hydrogen-bond donors (Lipinski definition) is 2. The summed E-state index contributed by atoms with van der Waals surface area (Å²) in [6.07, 6.45) is 1.84. The molecule has 0 radical (unpaired) electrons. The average molecular weight is 250 g/mol. The van der Waals surface area contributed by atoms with E-state index in [4.69, 9.17) is 0 Å². The van der Waals surface area contributed by atoms with E-state index in [0.717, 1.165) is 17.7 Å². The van der Waals surface area contributed by atoms with Gasteiger partial charge in [-0.1, -0.05) is 11.6 Å². The zero-order valence-corrected chi connectivity index (χ0v) is 10.1. The maximum atomic E-state index is 11.6. The second-order valence-corrected chi connectivity index (χ2v) is 3.95. The predicted octanol–water partition coefficient (Wildman–Crippen LogP) is 2.00. The quantitative estimate of drug-likeness (QED) is 0.485. The van der Waals surface area contributed by atoms with E-state index in [1.807, 2.05) is 19.9 Å². The van der Waals surface area contributed by atoms with E-state index in [1.54, 1.807) is 0 Å². The summed E-state index contributed by atoms with van der Waals surface area (Å²) in [4.78, 5) is 21.4. The molecule has 0 aromatic heterocycles. The Morgan fingerprint density at radius 1 is 1.50 bits per heavy atom. The fourth-order valence-electron chi connectivity index (χ4n) is 1.27. The second kappa shape index (κ2) is 5.81. The number of carbonyl (C=O) groups is 1. The Hall–Kier alpha value is -2.37. The molecular weight excluding hydrogens is 236 g/mol. The van der Waals surface area contributed by atoms with E-state index in [1.165, 1.54) is 6.07 Å². The number of benzene rings is 1. The standard InChI is InChI=1S/C12H14N2O4/c1-8(2)5-6-13-12(16)9-3-4-10(14(17)18)11(15)7-9/h3-5,7,15H,6H2,1-2H3,(H,13,16). The number of nitrogens with one attached hydrogen (secondary N) is 1. The largest absolute Gasteiger partial charge is 0.502 e. The number of hydrogen-bond acceptors (Lipinski definition) is 4. The SMILES string of the molecule is CC(C)=CCNC(=O)c1ccc([N+](=O)[O-])c(O)c1. The summed E-state index contributed by atoms with van der Waals surface area (Å²) in [5.74, 6) is -0.910. The summed E-state index contributed by atoms with van der Waals surface area (Å²) < 4.78 is 0. The van der Waals surface area contributed by atoms with Crippen LogP contribution in [0.15, 0.2) is 29.8 Å². The first-order chi connectivity index (χ1) is 8.41. The molecule has 0 fully saturated rings. The molecule has 0 aliphatic rings. The Kier molecular flexibility index (Phi) is 4.42. The van der Waals surface area contributed by atoms with Gasteiger partial charge in [0, 0.05) is 18.2 Å². The summed E-state index contributed by atoms with van der Waals surface area (Å²) in [5, 5.41) is 22.5. The lowest BCUT2D eigenvalue weighted by Gasteiger charge is -2.03. The first kappa shape index (κ1) is 13.7. The molecule has 18 heavy (non-hydrogen) atoms. The number of amides is 1. The van der Waals surface area contributed by atoms with Crippen LogP contribution < -0.4 is 5.32 Å². The van der Waals surface area contributed by atoms with Crippen molar-refractivity contribution in [3.05, 3.63) is 45.5 Å². The molecule has 6 heteroatoms. The lowest BCUT2D eigenvalue weighted by Crippen LogP contribution is -2.23. The highest BCUT2D eigenvalue weighted by Crippen LogP contribution is 2.26. The van der Waals surface area contributed by atoms with E-state index in [9.17, 15) is 20.0 Å². The van der Waals surface area contributed by atoms with Crippen molar-refractivity contribution >= 4 is 11.6 Å². The molecule has 0 heterocycles. The minimum absolute atomic E-state index is 0.181. The first-order valence-electron chi connectivity index (χ1n) is 5.30. The van der Waals surface area contributed by atoms with Crippen molar-refractivity contribution in [1.82, 2.24) is 5.32 Å². The smallest absolute Gasteiger partial charge is 0.310 e. The van der Waals surface area contributed by atoms with Crippen molar-refractivity contribution in [3.63, 3.8) is 0 Å². The summed E-state index contributed by atoms with van der Waals surface area (Å²) in [6, 6.07) is 3.48. The van der Waals surface area contributed by atoms with Gasteiger partial charge in [0.05, 0.1) is 4.92 Å². The highest BCUT2D eigenvalue weighted by Gasteiger charge is 2.15. The third-order valence-corrected chi connectivity index (χ3v) is 2.21. The molecule has 0 saturated carbocycles. The lowest BCUT2D eigenvalue weighted by atomic mass is 10.2. The molecule has 1 aromatic rings. The van der Waals surface area contributed by atoms with Gasteiger partial charge >= 0.3 is 5.69 Å². The minimum atomic E-state index is -0.708. The van der Waals surface area contributed by atoms with Crippen molar-refractivity contribution < 1.29 is 14.8 Å². The molecule has 0 atom stereocenters. The van der Waals surface area contributed by atoms with Crippen LogP contribution in [-0.4, -0.2) is 22.5 Å². The summed E-state index contributed by atoms with van der Waals surface area (Å²) in [6.45, 7) is 4.19. The zero-order chi connectivity index (χ0) is 13.7. The first-order valence-corrected chi connectivity index (χ1v) is 5.30. The fraction of sp³-hybridized carbons (Fsp3) is 0.250. The summed E-state index contributed by atoms with van der Waals surface area (Å²) in [5.41, 5.74) is 0.831. The van der Waals surface area contributed by atoms with E-state index in [0.29, 0.717) is 6.54 Å². The summed E-state index contributed by atoms with van der Waals surface area (Å²) in [7, 11) is 0. The van der Waals surface area contributed by atoms with Crippen molar-refractivity contribution in [2.45, 2.75) is 13.8 Å². The molecule has 6 nitrogen and oxygen atoms in total. The van der Waals surface area contributed by atoms with Crippen LogP contribution in [0.25, 0.3) is 0 Å². The molecule has 0 spiro atoms. The molecule has 0 unspecified atom stereocenters. The molecule has 2 N–H and O–H groups in total. The monoisotopic (exact) mass is 250 g/mol. The van der Waals surface area contributed by atoms with E-state index in [-0.39, 0.29) is 5.56 Å². The van der Waals surface area contributed by atoms with Crippen LogP contribution in [0.2, 0.25) is 0 Å². The van der Waals surface area contributed by atoms with E-state index in [2.05, 4.69) is 5.32 Å². The Morgan fingerprint density at radius 2 is 2.17 bits per heavy atom. The van der Waals surface area contributed by atoms with Crippen molar-refractivity contribution in [1.29, 1.82) is 0 Å². The number of nitro groups is 1. The minimum Gasteiger partial charge on any atom is -0.502 e. The molecule has 0 bridgehead atoms. The molecule has 1 rings (SSSR count). The maximum Gasteiger partial charge on any atom is 0.310 e. The van der Waals surface area contributed by atoms with Gasteiger partial charge in [0.1, 0.15) is 0 Å². The fourth-order valence-corrected chi connectivity index (χ4v) is 1.27. The van der Waals surface area contributed by atoms with Gasteiger partial charge < -0.3 is 10.4 Å². The van der Waals surface area contributed by atoms with Gasteiger partial charge in [0.15, 0.2) is 5.75 Å². The van der Waals surface area contributed by atoms with Gasteiger partial charge in [0.2, 0.25) is 0 Å². The van der Waals surface area contributed by atoms with Crippen molar-refractivity contribution in [2.75, 3.05) is 6.54 Å². The predicted molar refractivity (Wildman–Crippen MR) is 66.5 cm³/mol. The topological polar surface area (TPSA) is 92.5 Å².